The fourth-order valence-corrected chi connectivity index (χ4v) is 4.04. The third-order valence-electron chi connectivity index (χ3n) is 4.91. The van der Waals surface area contributed by atoms with Gasteiger partial charge in [-0.2, -0.15) is 0 Å². The van der Waals surface area contributed by atoms with E-state index < -0.39 is 0 Å². The van der Waals surface area contributed by atoms with Gasteiger partial charge in [-0.1, -0.05) is 29.3 Å². The van der Waals surface area contributed by atoms with Crippen molar-refractivity contribution in [3.8, 4) is 0 Å². The Morgan fingerprint density at radius 2 is 2.08 bits per heavy atom. The molecule has 1 heterocycles. The quantitative estimate of drug-likeness (QED) is 0.786. The zero-order chi connectivity index (χ0) is 18.3. The van der Waals surface area contributed by atoms with Gasteiger partial charge in [-0.05, 0) is 50.7 Å². The van der Waals surface area contributed by atoms with E-state index in [1.807, 2.05) is 4.90 Å². The molecule has 4 rings (SSSR count). The average molecular weight is 392 g/mol. The summed E-state index contributed by atoms with van der Waals surface area (Å²) in [6, 6.07) is 3.37. The summed E-state index contributed by atoms with van der Waals surface area (Å²) >= 11 is 12.1. The Labute approximate surface area is 161 Å². The van der Waals surface area contributed by atoms with Crippen molar-refractivity contribution < 1.29 is 4.79 Å². The molecule has 0 unspecified atom stereocenters. The summed E-state index contributed by atoms with van der Waals surface area (Å²) in [5.74, 6) is -0.0583. The Morgan fingerprint density at radius 1 is 1.27 bits per heavy atom. The van der Waals surface area contributed by atoms with Gasteiger partial charge in [0.25, 0.3) is 5.56 Å². The number of carbonyl (C=O) groups is 1. The second kappa shape index (κ2) is 7.05. The molecule has 0 spiro atoms. The van der Waals surface area contributed by atoms with Crippen LogP contribution >= 0.6 is 23.2 Å². The summed E-state index contributed by atoms with van der Waals surface area (Å²) in [5.41, 5.74) is 1.21. The smallest absolute Gasteiger partial charge is 0.261 e. The van der Waals surface area contributed by atoms with Gasteiger partial charge in [0.1, 0.15) is 6.54 Å². The molecule has 7 heteroatoms. The first kappa shape index (κ1) is 17.6. The largest absolute Gasteiger partial charge is 0.312 e. The maximum absolute atomic E-state index is 13.0. The first-order valence-corrected chi connectivity index (χ1v) is 9.65. The highest BCUT2D eigenvalue weighted by atomic mass is 35.5. The lowest BCUT2D eigenvalue weighted by atomic mass is 10.0. The molecule has 2 aliphatic carbocycles. The lowest BCUT2D eigenvalue weighted by Gasteiger charge is -2.28. The first-order valence-electron chi connectivity index (χ1n) is 8.90. The van der Waals surface area contributed by atoms with E-state index in [1.165, 1.54) is 17.3 Å². The highest BCUT2D eigenvalue weighted by Crippen LogP contribution is 2.34. The number of aromatic nitrogens is 2. The molecule has 0 bridgehead atoms. The maximum Gasteiger partial charge on any atom is 0.261 e. The first-order chi connectivity index (χ1) is 12.5. The van der Waals surface area contributed by atoms with Crippen molar-refractivity contribution in [1.82, 2.24) is 14.5 Å². The number of hydrogen-bond acceptors (Lipinski definition) is 3. The number of rotatable bonds is 4. The molecule has 0 aliphatic heterocycles. The van der Waals surface area contributed by atoms with Crippen LogP contribution in [0.3, 0.4) is 0 Å². The number of fused-ring (bicyclic) bond motifs is 1. The molecule has 0 atom stereocenters. The number of benzene rings is 1. The van der Waals surface area contributed by atoms with Crippen molar-refractivity contribution in [1.29, 1.82) is 0 Å². The Hall–Kier alpha value is -1.85. The van der Waals surface area contributed by atoms with E-state index in [0.717, 1.165) is 37.8 Å². The van der Waals surface area contributed by atoms with E-state index in [1.54, 1.807) is 12.1 Å². The third kappa shape index (κ3) is 3.38. The van der Waals surface area contributed by atoms with E-state index >= 15 is 0 Å². The second-order valence-corrected chi connectivity index (χ2v) is 7.74. The highest BCUT2D eigenvalue weighted by molar-refractivity contribution is 6.38. The topological polar surface area (TPSA) is 55.2 Å². The van der Waals surface area contributed by atoms with Gasteiger partial charge in [-0.3, -0.25) is 14.2 Å². The van der Waals surface area contributed by atoms with Crippen molar-refractivity contribution in [2.75, 3.05) is 0 Å². The third-order valence-corrected chi connectivity index (χ3v) is 5.41. The summed E-state index contributed by atoms with van der Waals surface area (Å²) in [6.45, 7) is -0.0280. The molecule has 1 aromatic carbocycles. The minimum absolute atomic E-state index is 0.0280. The van der Waals surface area contributed by atoms with Crippen LogP contribution in [0.15, 0.2) is 35.0 Å². The summed E-state index contributed by atoms with van der Waals surface area (Å²) in [4.78, 5) is 31.9. The van der Waals surface area contributed by atoms with Crippen LogP contribution in [0.25, 0.3) is 10.9 Å². The molecule has 0 N–H and O–H groups in total. The van der Waals surface area contributed by atoms with Crippen molar-refractivity contribution in [2.24, 2.45) is 0 Å². The van der Waals surface area contributed by atoms with E-state index in [0.29, 0.717) is 20.9 Å². The zero-order valence-electron chi connectivity index (χ0n) is 14.3. The van der Waals surface area contributed by atoms with Crippen LogP contribution in [0.2, 0.25) is 10.0 Å². The van der Waals surface area contributed by atoms with Crippen LogP contribution in [0, 0.1) is 0 Å². The van der Waals surface area contributed by atoms with E-state index in [9.17, 15) is 9.59 Å². The molecular weight excluding hydrogens is 373 g/mol. The van der Waals surface area contributed by atoms with E-state index in [-0.39, 0.29) is 24.1 Å². The molecule has 0 saturated heterocycles. The average Bonchev–Trinajstić information content (AvgIpc) is 3.44. The van der Waals surface area contributed by atoms with Gasteiger partial charge in [0.15, 0.2) is 0 Å². The molecule has 1 fully saturated rings. The number of hydrogen-bond donors (Lipinski definition) is 0. The fraction of sp³-hybridized carbons (Fsp3) is 0.421. The van der Waals surface area contributed by atoms with Crippen molar-refractivity contribution in [3.63, 3.8) is 0 Å². The van der Waals surface area contributed by atoms with Crippen LogP contribution in [0.1, 0.15) is 38.5 Å². The maximum atomic E-state index is 13.0. The molecular formula is C19H19Cl2N3O2. The van der Waals surface area contributed by atoms with Crippen LogP contribution in [0.4, 0.5) is 0 Å². The molecule has 26 heavy (non-hydrogen) atoms. The molecule has 2 aliphatic rings. The zero-order valence-corrected chi connectivity index (χ0v) is 15.8. The van der Waals surface area contributed by atoms with Crippen molar-refractivity contribution >= 4 is 40.0 Å². The van der Waals surface area contributed by atoms with Crippen LogP contribution in [-0.4, -0.2) is 26.4 Å². The Kier molecular flexibility index (Phi) is 4.76. The molecule has 0 radical (unpaired) electrons. The standard InChI is InChI=1S/C19H19Cl2N3O2/c20-12-8-15-18(16(21)9-12)22-11-23(19(15)26)10-17(25)24(14-6-7-14)13-4-2-1-3-5-13/h4,8-9,11,14H,1-3,5-7,10H2. The van der Waals surface area contributed by atoms with Crippen LogP contribution in [-0.2, 0) is 11.3 Å². The van der Waals surface area contributed by atoms with Crippen LogP contribution < -0.4 is 5.56 Å². The van der Waals surface area contributed by atoms with Gasteiger partial charge in [-0.25, -0.2) is 4.98 Å². The van der Waals surface area contributed by atoms with Gasteiger partial charge in [0, 0.05) is 16.8 Å². The lowest BCUT2D eigenvalue weighted by Crippen LogP contribution is -2.38. The lowest BCUT2D eigenvalue weighted by molar-refractivity contribution is -0.130. The van der Waals surface area contributed by atoms with Crippen LogP contribution in [0.5, 0.6) is 0 Å². The van der Waals surface area contributed by atoms with E-state index in [2.05, 4.69) is 11.1 Å². The van der Waals surface area contributed by atoms with Crippen molar-refractivity contribution in [2.45, 2.75) is 51.1 Å². The minimum Gasteiger partial charge on any atom is -0.312 e. The predicted molar refractivity (Wildman–Crippen MR) is 102 cm³/mol. The highest BCUT2D eigenvalue weighted by Gasteiger charge is 2.35. The monoisotopic (exact) mass is 391 g/mol. The predicted octanol–water partition coefficient (Wildman–Crippen LogP) is 4.15. The normalized spacial score (nSPS) is 17.2. The minimum atomic E-state index is -0.305. The number of carbonyl (C=O) groups excluding carboxylic acids is 1. The molecule has 1 aromatic heterocycles. The fourth-order valence-electron chi connectivity index (χ4n) is 3.50. The Balaban J connectivity index is 1.65. The Bertz CT molecular complexity index is 963. The van der Waals surface area contributed by atoms with Gasteiger partial charge < -0.3 is 4.90 Å². The van der Waals surface area contributed by atoms with Gasteiger partial charge >= 0.3 is 0 Å². The summed E-state index contributed by atoms with van der Waals surface area (Å²) in [6.07, 6.45) is 9.84. The molecule has 2 aromatic rings. The number of nitrogens with zero attached hydrogens (tertiary/aromatic N) is 3. The second-order valence-electron chi connectivity index (χ2n) is 6.90. The molecule has 5 nitrogen and oxygen atoms in total. The van der Waals surface area contributed by atoms with Gasteiger partial charge in [0.05, 0.1) is 22.3 Å². The summed E-state index contributed by atoms with van der Waals surface area (Å²) in [7, 11) is 0. The van der Waals surface area contributed by atoms with Gasteiger partial charge in [0.2, 0.25) is 5.91 Å². The van der Waals surface area contributed by atoms with E-state index in [4.69, 9.17) is 23.2 Å². The van der Waals surface area contributed by atoms with Crippen molar-refractivity contribution in [3.05, 3.63) is 50.6 Å². The Morgan fingerprint density at radius 3 is 2.77 bits per heavy atom. The number of halogens is 2. The summed E-state index contributed by atoms with van der Waals surface area (Å²) in [5, 5.41) is 1.03. The number of allylic oxidation sites excluding steroid dienone is 2. The molecule has 1 saturated carbocycles. The number of amides is 1. The SMILES string of the molecule is O=C(Cn1cnc2c(Cl)cc(Cl)cc2c1=O)N(C1=CCCCC1)C1CC1. The molecule has 136 valence electrons. The molecule has 1 amide bonds. The summed E-state index contributed by atoms with van der Waals surface area (Å²) < 4.78 is 1.34. The van der Waals surface area contributed by atoms with Gasteiger partial charge in [-0.15, -0.1) is 0 Å².